The van der Waals surface area contributed by atoms with Crippen molar-refractivity contribution in [3.05, 3.63) is 29.8 Å². The van der Waals surface area contributed by atoms with Gasteiger partial charge in [-0.3, -0.25) is 14.2 Å². The molecule has 0 saturated heterocycles. The lowest BCUT2D eigenvalue weighted by Crippen LogP contribution is -2.22. The van der Waals surface area contributed by atoms with Crippen LogP contribution in [0.1, 0.15) is 102 Å². The third kappa shape index (κ3) is 15.1. The van der Waals surface area contributed by atoms with Crippen LogP contribution in [0.2, 0.25) is 0 Å². The van der Waals surface area contributed by atoms with Crippen LogP contribution in [0.3, 0.4) is 0 Å². The van der Waals surface area contributed by atoms with Gasteiger partial charge in [0.25, 0.3) is 0 Å². The number of rotatable bonds is 19. The minimum absolute atomic E-state index is 0.0580. The highest BCUT2D eigenvalue weighted by molar-refractivity contribution is 7.47. The van der Waals surface area contributed by atoms with Gasteiger partial charge in [-0.2, -0.15) is 0 Å². The van der Waals surface area contributed by atoms with Gasteiger partial charge in [0.2, 0.25) is 5.91 Å². The van der Waals surface area contributed by atoms with Crippen molar-refractivity contribution in [1.82, 2.24) is 5.32 Å². The van der Waals surface area contributed by atoms with E-state index in [0.717, 1.165) is 25.5 Å². The Bertz CT molecular complexity index is 635. The zero-order chi connectivity index (χ0) is 22.8. The number of nitrogens with one attached hydrogen (secondary N) is 1. The molecule has 1 aromatic rings. The molecule has 1 aromatic carbocycles. The van der Waals surface area contributed by atoms with Gasteiger partial charge in [-0.25, -0.2) is 4.57 Å². The van der Waals surface area contributed by atoms with E-state index in [9.17, 15) is 14.3 Å². The van der Waals surface area contributed by atoms with Gasteiger partial charge in [0.05, 0.1) is 0 Å². The topological polar surface area (TPSA) is 84.9 Å². The number of unbranched alkanes of at least 4 members (excludes halogenated alkanes) is 12. The van der Waals surface area contributed by atoms with E-state index >= 15 is 0 Å². The summed E-state index contributed by atoms with van der Waals surface area (Å²) in [6.45, 7) is 2.69. The zero-order valence-corrected chi connectivity index (χ0v) is 20.3. The maximum Gasteiger partial charge on any atom is 0.527 e. The molecule has 178 valence electrons. The number of benzene rings is 1. The first kappa shape index (κ1) is 27.7. The predicted octanol–water partition coefficient (Wildman–Crippen LogP) is 6.91. The fourth-order valence-corrected chi connectivity index (χ4v) is 3.89. The van der Waals surface area contributed by atoms with Gasteiger partial charge in [-0.1, -0.05) is 96.1 Å². The largest absolute Gasteiger partial charge is 0.527 e. The fourth-order valence-electron chi connectivity index (χ4n) is 3.43. The second kappa shape index (κ2) is 17.2. The van der Waals surface area contributed by atoms with Crippen molar-refractivity contribution in [2.45, 2.75) is 103 Å². The van der Waals surface area contributed by atoms with E-state index in [2.05, 4.69) is 16.8 Å². The summed E-state index contributed by atoms with van der Waals surface area (Å²) in [5, 5.41) is 2.91. The molecule has 0 aliphatic rings. The van der Waals surface area contributed by atoms with Gasteiger partial charge in [-0.15, -0.1) is 0 Å². The average molecular weight is 456 g/mol. The third-order valence-corrected chi connectivity index (χ3v) is 6.27. The van der Waals surface area contributed by atoms with Gasteiger partial charge >= 0.3 is 7.82 Å². The Hall–Kier alpha value is -1.36. The predicted molar refractivity (Wildman–Crippen MR) is 126 cm³/mol. The van der Waals surface area contributed by atoms with Crippen molar-refractivity contribution < 1.29 is 23.3 Å². The molecule has 0 aliphatic carbocycles. The van der Waals surface area contributed by atoms with Crippen molar-refractivity contribution in [2.24, 2.45) is 0 Å². The summed E-state index contributed by atoms with van der Waals surface area (Å²) in [7, 11) is -2.93. The lowest BCUT2D eigenvalue weighted by atomic mass is 10.0. The molecule has 0 spiro atoms. The molecule has 7 heteroatoms. The molecule has 0 saturated carbocycles. The van der Waals surface area contributed by atoms with E-state index < -0.39 is 7.82 Å². The maximum absolute atomic E-state index is 12.0. The van der Waals surface area contributed by atoms with E-state index in [0.29, 0.717) is 13.0 Å². The summed E-state index contributed by atoms with van der Waals surface area (Å²) in [6, 6.07) is 6.65. The van der Waals surface area contributed by atoms with Gasteiger partial charge in [0, 0.05) is 20.1 Å². The molecule has 2 N–H and O–H groups in total. The fraction of sp³-hybridized carbons (Fsp3) is 0.708. The van der Waals surface area contributed by atoms with E-state index in [4.69, 9.17) is 4.52 Å². The van der Waals surface area contributed by atoms with Gasteiger partial charge in [0.15, 0.2) is 0 Å². The smallest absolute Gasteiger partial charge is 0.404 e. The minimum Gasteiger partial charge on any atom is -0.404 e. The maximum atomic E-state index is 12.0. The molecule has 1 rings (SSSR count). The number of phosphoric ester groups is 1. The normalized spacial score (nSPS) is 13.0. The molecule has 0 aliphatic heterocycles. The molecular formula is C24H42NO5P. The number of amides is 1. The van der Waals surface area contributed by atoms with Crippen molar-refractivity contribution in [3.63, 3.8) is 0 Å². The van der Waals surface area contributed by atoms with Crippen LogP contribution in [-0.4, -0.2) is 17.9 Å². The van der Waals surface area contributed by atoms with E-state index in [1.54, 1.807) is 24.3 Å². The molecule has 1 atom stereocenters. The Morgan fingerprint density at radius 2 is 1.35 bits per heavy atom. The monoisotopic (exact) mass is 455 g/mol. The van der Waals surface area contributed by atoms with Gasteiger partial charge in [-0.05, 0) is 24.1 Å². The van der Waals surface area contributed by atoms with Crippen LogP contribution >= 0.6 is 7.82 Å². The van der Waals surface area contributed by atoms with Crippen molar-refractivity contribution >= 4 is 13.7 Å². The Labute approximate surface area is 188 Å². The van der Waals surface area contributed by atoms with Crippen molar-refractivity contribution in [3.8, 4) is 5.75 Å². The van der Waals surface area contributed by atoms with Crippen LogP contribution in [0.5, 0.6) is 5.75 Å². The highest BCUT2D eigenvalue weighted by atomic mass is 31.2. The molecular weight excluding hydrogens is 413 g/mol. The summed E-state index contributed by atoms with van der Waals surface area (Å²) >= 11 is 0. The van der Waals surface area contributed by atoms with E-state index in [-0.39, 0.29) is 11.7 Å². The lowest BCUT2D eigenvalue weighted by molar-refractivity contribution is -0.121. The summed E-state index contributed by atoms with van der Waals surface area (Å²) in [4.78, 5) is 21.3. The standard InChI is InChI=1S/C24H42NO5P/c1-3-4-5-6-7-8-9-10-11-12-13-14-15-16-24(26)25-21-22-17-19-23(20-18-22)30-31(27,28)29-2/h17-20H,3-16,21H2,1-2H3,(H,25,26)(H,27,28). The SMILES string of the molecule is CCCCCCCCCCCCCCCC(=O)NCc1ccc(OP(=O)(O)OC)cc1. The molecule has 1 amide bonds. The molecule has 6 nitrogen and oxygen atoms in total. The van der Waals surface area contributed by atoms with Crippen molar-refractivity contribution in [1.29, 1.82) is 0 Å². The lowest BCUT2D eigenvalue weighted by Gasteiger charge is -2.11. The quantitative estimate of drug-likeness (QED) is 0.175. The molecule has 0 radical (unpaired) electrons. The minimum atomic E-state index is -4.04. The Morgan fingerprint density at radius 1 is 0.871 bits per heavy atom. The number of carbonyl (C=O) groups excluding carboxylic acids is 1. The van der Waals surface area contributed by atoms with Crippen LogP contribution in [0.25, 0.3) is 0 Å². The average Bonchev–Trinajstić information content (AvgIpc) is 2.76. The second-order valence-electron chi connectivity index (χ2n) is 8.16. The van der Waals surface area contributed by atoms with Crippen LogP contribution < -0.4 is 9.84 Å². The molecule has 0 bridgehead atoms. The first-order chi connectivity index (χ1) is 15.0. The zero-order valence-electron chi connectivity index (χ0n) is 19.4. The Balaban J connectivity index is 1.99. The molecule has 0 aromatic heterocycles. The highest BCUT2D eigenvalue weighted by Gasteiger charge is 2.19. The van der Waals surface area contributed by atoms with E-state index in [1.807, 2.05) is 0 Å². The van der Waals surface area contributed by atoms with Gasteiger partial charge < -0.3 is 9.84 Å². The highest BCUT2D eigenvalue weighted by Crippen LogP contribution is 2.42. The molecule has 0 fully saturated rings. The number of carbonyl (C=O) groups is 1. The summed E-state index contributed by atoms with van der Waals surface area (Å²) in [5.41, 5.74) is 0.899. The van der Waals surface area contributed by atoms with Crippen LogP contribution in [0.4, 0.5) is 0 Å². The first-order valence-electron chi connectivity index (χ1n) is 11.9. The molecule has 31 heavy (non-hydrogen) atoms. The van der Waals surface area contributed by atoms with Crippen LogP contribution in [0.15, 0.2) is 24.3 Å². The van der Waals surface area contributed by atoms with Crippen LogP contribution in [0, 0.1) is 0 Å². The summed E-state index contributed by atoms with van der Waals surface area (Å²) in [5.74, 6) is 0.303. The summed E-state index contributed by atoms with van der Waals surface area (Å²) in [6.07, 6.45) is 17.4. The Morgan fingerprint density at radius 3 is 1.84 bits per heavy atom. The van der Waals surface area contributed by atoms with Crippen molar-refractivity contribution in [2.75, 3.05) is 7.11 Å². The second-order valence-corrected chi connectivity index (χ2v) is 9.64. The van der Waals surface area contributed by atoms with Gasteiger partial charge in [0.1, 0.15) is 5.75 Å². The Kier molecular flexibility index (Phi) is 15.4. The van der Waals surface area contributed by atoms with E-state index in [1.165, 1.54) is 70.6 Å². The number of hydrogen-bond donors (Lipinski definition) is 2. The number of phosphoric acid groups is 1. The first-order valence-corrected chi connectivity index (χ1v) is 13.4. The number of hydrogen-bond acceptors (Lipinski definition) is 4. The summed E-state index contributed by atoms with van der Waals surface area (Å²) < 4.78 is 20.6. The third-order valence-electron chi connectivity index (χ3n) is 5.37. The molecule has 1 unspecified atom stereocenters. The molecule has 0 heterocycles. The van der Waals surface area contributed by atoms with Crippen LogP contribution in [-0.2, 0) is 20.4 Å².